The molecule has 3 aromatic rings. The lowest BCUT2D eigenvalue weighted by atomic mass is 10.0. The normalized spacial score (nSPS) is 13.7. The van der Waals surface area contributed by atoms with Crippen molar-refractivity contribution in [3.8, 4) is 22.6 Å². The first-order valence-corrected chi connectivity index (χ1v) is 10.2. The fourth-order valence-electron chi connectivity index (χ4n) is 3.51. The van der Waals surface area contributed by atoms with Crippen LogP contribution in [0.15, 0.2) is 72.8 Å². The first-order chi connectivity index (χ1) is 14.6. The molecule has 5 nitrogen and oxygen atoms in total. The van der Waals surface area contributed by atoms with Gasteiger partial charge in [0.25, 0.3) is 0 Å². The number of hydrogen-bond donors (Lipinski definition) is 1. The molecule has 0 spiro atoms. The van der Waals surface area contributed by atoms with Gasteiger partial charge in [0, 0.05) is 17.8 Å². The van der Waals surface area contributed by atoms with Crippen molar-refractivity contribution >= 4 is 11.6 Å². The van der Waals surface area contributed by atoms with Gasteiger partial charge in [-0.3, -0.25) is 9.69 Å². The van der Waals surface area contributed by atoms with Crippen LogP contribution in [0.5, 0.6) is 11.5 Å². The van der Waals surface area contributed by atoms with Crippen LogP contribution in [0.4, 0.5) is 5.69 Å². The van der Waals surface area contributed by atoms with Crippen molar-refractivity contribution in [2.45, 2.75) is 19.5 Å². The van der Waals surface area contributed by atoms with Crippen molar-refractivity contribution in [2.24, 2.45) is 0 Å². The number of nitrogens with one attached hydrogen (secondary N) is 1. The highest BCUT2D eigenvalue weighted by molar-refractivity contribution is 5.98. The minimum Gasteiger partial charge on any atom is -0.486 e. The van der Waals surface area contributed by atoms with E-state index in [1.807, 2.05) is 91.7 Å². The van der Waals surface area contributed by atoms with Gasteiger partial charge < -0.3 is 14.8 Å². The summed E-state index contributed by atoms with van der Waals surface area (Å²) in [6.45, 7) is 3.68. The number of para-hydroxylation sites is 1. The molecule has 1 N–H and O–H groups in total. The lowest BCUT2D eigenvalue weighted by molar-refractivity contribution is -0.120. The Labute approximate surface area is 177 Å². The van der Waals surface area contributed by atoms with Gasteiger partial charge in [0.15, 0.2) is 11.5 Å². The Kier molecular flexibility index (Phi) is 6.00. The second-order valence-corrected chi connectivity index (χ2v) is 7.47. The number of nitrogens with zero attached hydrogens (tertiary/aromatic N) is 1. The number of hydrogen-bond acceptors (Lipinski definition) is 4. The first kappa shape index (κ1) is 20.0. The summed E-state index contributed by atoms with van der Waals surface area (Å²) in [4.78, 5) is 15.0. The topological polar surface area (TPSA) is 50.8 Å². The van der Waals surface area contributed by atoms with Crippen LogP contribution < -0.4 is 14.8 Å². The molecule has 4 rings (SSSR count). The lowest BCUT2D eigenvalue weighted by Crippen LogP contribution is -2.39. The molecule has 1 aliphatic rings. The van der Waals surface area contributed by atoms with E-state index in [0.29, 0.717) is 19.8 Å². The quantitative estimate of drug-likeness (QED) is 0.656. The van der Waals surface area contributed by atoms with Gasteiger partial charge in [0.1, 0.15) is 13.2 Å². The van der Waals surface area contributed by atoms with E-state index in [1.165, 1.54) is 0 Å². The molecular formula is C25H26N2O3. The molecule has 1 amide bonds. The smallest absolute Gasteiger partial charge is 0.241 e. The molecule has 0 saturated carbocycles. The monoisotopic (exact) mass is 402 g/mol. The number of ether oxygens (including phenoxy) is 2. The summed E-state index contributed by atoms with van der Waals surface area (Å²) in [7, 11) is 1.95. The Morgan fingerprint density at radius 2 is 1.67 bits per heavy atom. The molecule has 0 aromatic heterocycles. The summed E-state index contributed by atoms with van der Waals surface area (Å²) in [6, 6.07) is 23.6. The van der Waals surface area contributed by atoms with Gasteiger partial charge in [-0.1, -0.05) is 54.6 Å². The van der Waals surface area contributed by atoms with Crippen LogP contribution in [0.1, 0.15) is 12.5 Å². The van der Waals surface area contributed by atoms with Gasteiger partial charge in [0.05, 0.1) is 6.04 Å². The number of anilines is 1. The Bertz CT molecular complexity index is 1020. The molecule has 1 atom stereocenters. The molecule has 0 saturated heterocycles. The van der Waals surface area contributed by atoms with Gasteiger partial charge in [-0.25, -0.2) is 0 Å². The van der Waals surface area contributed by atoms with E-state index >= 15 is 0 Å². The number of benzene rings is 3. The zero-order valence-electron chi connectivity index (χ0n) is 17.3. The van der Waals surface area contributed by atoms with Crippen LogP contribution in [-0.4, -0.2) is 37.1 Å². The predicted molar refractivity (Wildman–Crippen MR) is 119 cm³/mol. The lowest BCUT2D eigenvalue weighted by Gasteiger charge is -2.25. The van der Waals surface area contributed by atoms with Gasteiger partial charge in [-0.05, 0) is 43.3 Å². The van der Waals surface area contributed by atoms with Crippen molar-refractivity contribution in [3.63, 3.8) is 0 Å². The highest BCUT2D eigenvalue weighted by atomic mass is 16.6. The number of carbonyl (C=O) groups excluding carboxylic acids is 1. The maximum absolute atomic E-state index is 13.0. The van der Waals surface area contributed by atoms with Crippen LogP contribution in [0.2, 0.25) is 0 Å². The third-order valence-electron chi connectivity index (χ3n) is 5.35. The van der Waals surface area contributed by atoms with E-state index in [1.54, 1.807) is 0 Å². The Morgan fingerprint density at radius 3 is 2.47 bits per heavy atom. The molecule has 3 aromatic carbocycles. The maximum Gasteiger partial charge on any atom is 0.241 e. The summed E-state index contributed by atoms with van der Waals surface area (Å²) >= 11 is 0. The molecule has 0 radical (unpaired) electrons. The van der Waals surface area contributed by atoms with Crippen LogP contribution in [0.25, 0.3) is 11.1 Å². The van der Waals surface area contributed by atoms with Gasteiger partial charge in [-0.15, -0.1) is 0 Å². The largest absolute Gasteiger partial charge is 0.486 e. The van der Waals surface area contributed by atoms with Gasteiger partial charge in [-0.2, -0.15) is 0 Å². The van der Waals surface area contributed by atoms with Crippen molar-refractivity contribution in [1.29, 1.82) is 0 Å². The van der Waals surface area contributed by atoms with Crippen molar-refractivity contribution in [3.05, 3.63) is 78.4 Å². The molecular weight excluding hydrogens is 376 g/mol. The standard InChI is InChI=1S/C25H26N2O3/c1-18(27(2)17-19-12-13-23-24(16-19)30-15-14-29-23)25(28)26-22-11-7-6-10-21(22)20-8-4-3-5-9-20/h3-13,16,18H,14-15,17H2,1-2H3,(H,26,28). The first-order valence-electron chi connectivity index (χ1n) is 10.2. The zero-order valence-corrected chi connectivity index (χ0v) is 17.3. The highest BCUT2D eigenvalue weighted by Crippen LogP contribution is 2.31. The van der Waals surface area contributed by atoms with E-state index in [-0.39, 0.29) is 11.9 Å². The molecule has 0 fully saturated rings. The number of likely N-dealkylation sites (N-methyl/N-ethyl adjacent to an activating group) is 1. The van der Waals surface area contributed by atoms with E-state index in [9.17, 15) is 4.79 Å². The van der Waals surface area contributed by atoms with Crippen LogP contribution in [0.3, 0.4) is 0 Å². The maximum atomic E-state index is 13.0. The summed E-state index contributed by atoms with van der Waals surface area (Å²) in [6.07, 6.45) is 0. The van der Waals surface area contributed by atoms with E-state index in [0.717, 1.165) is 33.9 Å². The second kappa shape index (κ2) is 9.01. The molecule has 30 heavy (non-hydrogen) atoms. The van der Waals surface area contributed by atoms with Crippen molar-refractivity contribution < 1.29 is 14.3 Å². The van der Waals surface area contributed by atoms with Crippen LogP contribution in [-0.2, 0) is 11.3 Å². The third kappa shape index (κ3) is 4.47. The van der Waals surface area contributed by atoms with Crippen molar-refractivity contribution in [2.75, 3.05) is 25.6 Å². The van der Waals surface area contributed by atoms with E-state index in [2.05, 4.69) is 5.32 Å². The molecule has 5 heteroatoms. The molecule has 0 aliphatic carbocycles. The molecule has 0 bridgehead atoms. The van der Waals surface area contributed by atoms with E-state index in [4.69, 9.17) is 9.47 Å². The predicted octanol–water partition coefficient (Wildman–Crippen LogP) is 4.58. The average Bonchev–Trinajstić information content (AvgIpc) is 2.79. The Hall–Kier alpha value is -3.31. The van der Waals surface area contributed by atoms with Crippen LogP contribution in [0, 0.1) is 0 Å². The number of fused-ring (bicyclic) bond motifs is 1. The highest BCUT2D eigenvalue weighted by Gasteiger charge is 2.20. The second-order valence-electron chi connectivity index (χ2n) is 7.47. The third-order valence-corrected chi connectivity index (χ3v) is 5.35. The minimum absolute atomic E-state index is 0.0431. The molecule has 1 aliphatic heterocycles. The number of amides is 1. The zero-order chi connectivity index (χ0) is 20.9. The molecule has 1 heterocycles. The molecule has 1 unspecified atom stereocenters. The molecule has 154 valence electrons. The minimum atomic E-state index is -0.304. The summed E-state index contributed by atoms with van der Waals surface area (Å²) in [5, 5.41) is 3.10. The van der Waals surface area contributed by atoms with Gasteiger partial charge >= 0.3 is 0 Å². The number of carbonyl (C=O) groups is 1. The van der Waals surface area contributed by atoms with Crippen molar-refractivity contribution in [1.82, 2.24) is 4.90 Å². The Balaban J connectivity index is 1.44. The summed E-state index contributed by atoms with van der Waals surface area (Å²) < 4.78 is 11.2. The number of rotatable bonds is 6. The SMILES string of the molecule is CC(C(=O)Nc1ccccc1-c1ccccc1)N(C)Cc1ccc2c(c1)OCCO2. The average molecular weight is 402 g/mol. The van der Waals surface area contributed by atoms with Gasteiger partial charge in [0.2, 0.25) is 5.91 Å². The summed E-state index contributed by atoms with van der Waals surface area (Å²) in [5.41, 5.74) is 3.97. The van der Waals surface area contributed by atoms with E-state index < -0.39 is 0 Å². The van der Waals surface area contributed by atoms with Crippen LogP contribution >= 0.6 is 0 Å². The summed E-state index contributed by atoms with van der Waals surface area (Å²) in [5.74, 6) is 1.50. The fraction of sp³-hybridized carbons (Fsp3) is 0.240. The fourth-order valence-corrected chi connectivity index (χ4v) is 3.51. The Morgan fingerprint density at radius 1 is 0.967 bits per heavy atom.